The minimum Gasteiger partial charge on any atom is -0.504 e. The predicted octanol–water partition coefficient (Wildman–Crippen LogP) is 3.47. The molecule has 0 saturated heterocycles. The molecular formula is C16H9N3O6. The number of nitro benzene ring substituents is 1. The molecule has 4 aromatic rings. The number of aromatic nitrogens is 2. The molecule has 2 heterocycles. The topological polar surface area (TPSA) is 136 Å². The van der Waals surface area contributed by atoms with E-state index >= 15 is 0 Å². The van der Waals surface area contributed by atoms with Crippen molar-refractivity contribution in [3.8, 4) is 34.6 Å². The lowest BCUT2D eigenvalue weighted by Gasteiger charge is -1.98. The van der Waals surface area contributed by atoms with Gasteiger partial charge in [-0.15, -0.1) is 10.2 Å². The maximum atomic E-state index is 10.8. The maximum Gasteiger partial charge on any atom is 0.283 e. The van der Waals surface area contributed by atoms with Gasteiger partial charge in [-0.05, 0) is 30.3 Å². The van der Waals surface area contributed by atoms with Crippen molar-refractivity contribution in [2.45, 2.75) is 0 Å². The average Bonchev–Trinajstić information content (AvgIpc) is 3.22. The van der Waals surface area contributed by atoms with Crippen LogP contribution in [0.3, 0.4) is 0 Å². The number of furan rings is 1. The summed E-state index contributed by atoms with van der Waals surface area (Å²) in [6, 6.07) is 9.98. The minimum absolute atomic E-state index is 0.0841. The van der Waals surface area contributed by atoms with E-state index in [1.807, 2.05) is 0 Å². The highest BCUT2D eigenvalue weighted by molar-refractivity contribution is 5.83. The van der Waals surface area contributed by atoms with Gasteiger partial charge < -0.3 is 19.0 Å². The van der Waals surface area contributed by atoms with E-state index in [-0.39, 0.29) is 34.7 Å². The van der Waals surface area contributed by atoms with Crippen molar-refractivity contribution < 1.29 is 24.0 Å². The second-order valence-electron chi connectivity index (χ2n) is 5.21. The number of nitrogens with zero attached hydrogens (tertiary/aromatic N) is 3. The zero-order valence-corrected chi connectivity index (χ0v) is 12.4. The average molecular weight is 339 g/mol. The first kappa shape index (κ1) is 14.7. The van der Waals surface area contributed by atoms with Gasteiger partial charge in [0, 0.05) is 17.0 Å². The number of fused-ring (bicyclic) bond motifs is 1. The van der Waals surface area contributed by atoms with E-state index in [1.165, 1.54) is 30.3 Å². The minimum atomic E-state index is -0.510. The Morgan fingerprint density at radius 3 is 2.48 bits per heavy atom. The fourth-order valence-electron chi connectivity index (χ4n) is 2.33. The zero-order chi connectivity index (χ0) is 17.6. The summed E-state index contributed by atoms with van der Waals surface area (Å²) in [5.74, 6) is -0.105. The van der Waals surface area contributed by atoms with Crippen LogP contribution in [0.1, 0.15) is 0 Å². The van der Waals surface area contributed by atoms with Crippen LogP contribution in [0.25, 0.3) is 34.1 Å². The third-order valence-electron chi connectivity index (χ3n) is 3.57. The van der Waals surface area contributed by atoms with Gasteiger partial charge in [0.2, 0.25) is 5.89 Å². The van der Waals surface area contributed by atoms with Crippen LogP contribution < -0.4 is 0 Å². The molecule has 4 rings (SSSR count). The second kappa shape index (κ2) is 5.34. The molecule has 25 heavy (non-hydrogen) atoms. The molecule has 9 nitrogen and oxygen atoms in total. The highest BCUT2D eigenvalue weighted by atomic mass is 16.6. The Kier molecular flexibility index (Phi) is 3.14. The number of benzene rings is 2. The number of phenolic OH excluding ortho intramolecular Hbond substituents is 2. The first-order valence-electron chi connectivity index (χ1n) is 7.05. The molecule has 0 unspecified atom stereocenters. The smallest absolute Gasteiger partial charge is 0.283 e. The van der Waals surface area contributed by atoms with E-state index in [1.54, 1.807) is 12.1 Å². The highest BCUT2D eigenvalue weighted by Gasteiger charge is 2.17. The fraction of sp³-hybridized carbons (Fsp3) is 0. The van der Waals surface area contributed by atoms with E-state index in [0.29, 0.717) is 16.5 Å². The summed E-state index contributed by atoms with van der Waals surface area (Å²) in [6.45, 7) is 0. The molecule has 0 spiro atoms. The Morgan fingerprint density at radius 1 is 0.920 bits per heavy atom. The third-order valence-corrected chi connectivity index (χ3v) is 3.57. The van der Waals surface area contributed by atoms with Crippen LogP contribution in [0.15, 0.2) is 51.3 Å². The van der Waals surface area contributed by atoms with Crippen molar-refractivity contribution in [3.63, 3.8) is 0 Å². The van der Waals surface area contributed by atoms with Crippen LogP contribution in [0.5, 0.6) is 11.5 Å². The van der Waals surface area contributed by atoms with Crippen LogP contribution in [0, 0.1) is 10.1 Å². The van der Waals surface area contributed by atoms with Crippen molar-refractivity contribution in [1.29, 1.82) is 0 Å². The quantitative estimate of drug-likeness (QED) is 0.329. The van der Waals surface area contributed by atoms with Gasteiger partial charge in [0.1, 0.15) is 5.58 Å². The number of hydrogen-bond donors (Lipinski definition) is 2. The molecule has 2 N–H and O–H groups in total. The van der Waals surface area contributed by atoms with Crippen LogP contribution in [-0.2, 0) is 0 Å². The Morgan fingerprint density at radius 2 is 1.72 bits per heavy atom. The molecule has 0 atom stereocenters. The molecule has 9 heteroatoms. The molecule has 0 amide bonds. The van der Waals surface area contributed by atoms with E-state index in [4.69, 9.17) is 8.83 Å². The second-order valence-corrected chi connectivity index (χ2v) is 5.21. The molecule has 124 valence electrons. The van der Waals surface area contributed by atoms with Gasteiger partial charge >= 0.3 is 0 Å². The molecule has 2 aromatic carbocycles. The number of nitro groups is 1. The van der Waals surface area contributed by atoms with Crippen molar-refractivity contribution in [2.75, 3.05) is 0 Å². The van der Waals surface area contributed by atoms with Gasteiger partial charge in [-0.25, -0.2) is 0 Å². The lowest BCUT2D eigenvalue weighted by Crippen LogP contribution is -1.85. The van der Waals surface area contributed by atoms with Crippen molar-refractivity contribution in [3.05, 3.63) is 52.6 Å². The summed E-state index contributed by atoms with van der Waals surface area (Å²) in [7, 11) is 0. The Labute approximate surface area is 138 Å². The van der Waals surface area contributed by atoms with Gasteiger partial charge in [-0.1, -0.05) is 0 Å². The lowest BCUT2D eigenvalue weighted by molar-refractivity contribution is -0.384. The summed E-state index contributed by atoms with van der Waals surface area (Å²) in [5.41, 5.74) is 0.659. The Hall–Kier alpha value is -3.88. The molecule has 0 saturated carbocycles. The number of rotatable bonds is 3. The summed E-state index contributed by atoms with van der Waals surface area (Å²) in [5, 5.41) is 38.1. The van der Waals surface area contributed by atoms with Gasteiger partial charge in [-0.2, -0.15) is 0 Å². The SMILES string of the molecule is O=[N+]([O-])c1ccc2cc(-c3nnc(-c4ccc(O)c(O)c4)o3)oc2c1. The highest BCUT2D eigenvalue weighted by Crippen LogP contribution is 2.33. The van der Waals surface area contributed by atoms with Crippen LogP contribution in [0.4, 0.5) is 5.69 Å². The molecule has 0 aliphatic carbocycles. The number of hydrogen-bond acceptors (Lipinski definition) is 8. The van der Waals surface area contributed by atoms with Gasteiger partial charge in [0.25, 0.3) is 11.6 Å². The third kappa shape index (κ3) is 2.53. The number of aromatic hydroxyl groups is 2. The van der Waals surface area contributed by atoms with E-state index in [0.717, 1.165) is 0 Å². The Balaban J connectivity index is 1.73. The maximum absolute atomic E-state index is 10.8. The molecule has 0 fully saturated rings. The van der Waals surface area contributed by atoms with Crippen molar-refractivity contribution in [2.24, 2.45) is 0 Å². The van der Waals surface area contributed by atoms with E-state index in [2.05, 4.69) is 10.2 Å². The molecule has 2 aromatic heterocycles. The molecule has 0 bridgehead atoms. The molecule has 0 aliphatic heterocycles. The predicted molar refractivity (Wildman–Crippen MR) is 84.9 cm³/mol. The number of phenols is 2. The van der Waals surface area contributed by atoms with Crippen LogP contribution in [-0.4, -0.2) is 25.3 Å². The normalized spacial score (nSPS) is 11.0. The van der Waals surface area contributed by atoms with Crippen LogP contribution in [0.2, 0.25) is 0 Å². The van der Waals surface area contributed by atoms with Gasteiger partial charge in [0.05, 0.1) is 11.0 Å². The van der Waals surface area contributed by atoms with E-state index < -0.39 is 4.92 Å². The largest absolute Gasteiger partial charge is 0.504 e. The van der Waals surface area contributed by atoms with Crippen molar-refractivity contribution in [1.82, 2.24) is 10.2 Å². The van der Waals surface area contributed by atoms with Crippen LogP contribution >= 0.6 is 0 Å². The molecule has 0 aliphatic rings. The monoisotopic (exact) mass is 339 g/mol. The van der Waals surface area contributed by atoms with Gasteiger partial charge in [0.15, 0.2) is 17.3 Å². The standard InChI is InChI=1S/C16H9N3O6/c20-11-4-2-9(5-12(11)21)15-17-18-16(25-15)14-6-8-1-3-10(19(22)23)7-13(8)24-14/h1-7,20-21H. The molecule has 0 radical (unpaired) electrons. The zero-order valence-electron chi connectivity index (χ0n) is 12.4. The summed E-state index contributed by atoms with van der Waals surface area (Å²) in [4.78, 5) is 10.3. The number of non-ortho nitro benzene ring substituents is 1. The van der Waals surface area contributed by atoms with Crippen molar-refractivity contribution >= 4 is 16.7 Å². The summed E-state index contributed by atoms with van der Waals surface area (Å²) < 4.78 is 11.1. The van der Waals surface area contributed by atoms with Gasteiger partial charge in [-0.3, -0.25) is 10.1 Å². The summed E-state index contributed by atoms with van der Waals surface area (Å²) in [6.07, 6.45) is 0. The first-order valence-corrected chi connectivity index (χ1v) is 7.05. The van der Waals surface area contributed by atoms with E-state index in [9.17, 15) is 20.3 Å². The lowest BCUT2D eigenvalue weighted by atomic mass is 10.2. The molecular weight excluding hydrogens is 330 g/mol. The first-order chi connectivity index (χ1) is 12.0. The summed E-state index contributed by atoms with van der Waals surface area (Å²) >= 11 is 0. The Bertz CT molecular complexity index is 1110. The fourth-order valence-corrected chi connectivity index (χ4v) is 2.33.